The van der Waals surface area contributed by atoms with E-state index in [0.29, 0.717) is 6.54 Å². The summed E-state index contributed by atoms with van der Waals surface area (Å²) in [6.45, 7) is 1.52. The van der Waals surface area contributed by atoms with Crippen LogP contribution in [-0.4, -0.2) is 39.5 Å². The minimum Gasteiger partial charge on any atom is -0.399 e. The van der Waals surface area contributed by atoms with E-state index in [1.165, 1.54) is 6.07 Å². The summed E-state index contributed by atoms with van der Waals surface area (Å²) in [5.74, 6) is -0.975. The number of rotatable bonds is 3. The van der Waals surface area contributed by atoms with Crippen LogP contribution in [0.3, 0.4) is 0 Å². The van der Waals surface area contributed by atoms with Gasteiger partial charge in [0.2, 0.25) is 10.0 Å². The first-order valence-electron chi connectivity index (χ1n) is 6.25. The molecule has 0 radical (unpaired) electrons. The summed E-state index contributed by atoms with van der Waals surface area (Å²) in [4.78, 5) is 1.52. The monoisotopic (exact) mass is 321 g/mol. The first-order valence-corrected chi connectivity index (χ1v) is 8.11. The number of nitrogens with two attached hydrogens (primary N) is 1. The maximum atomic E-state index is 13.9. The minimum absolute atomic E-state index is 0.109. The molecule has 8 heteroatoms. The van der Waals surface area contributed by atoms with Crippen molar-refractivity contribution in [3.8, 4) is 0 Å². The maximum Gasteiger partial charge on any atom is 0.243 e. The number of likely N-dealkylation sites (tertiary alicyclic amines) is 1. The number of likely N-dealkylation sites (N-methyl/N-ethyl adjacent to an activating group) is 1. The fourth-order valence-electron chi connectivity index (χ4n) is 2.32. The molecule has 5 nitrogen and oxygen atoms in total. The zero-order valence-corrected chi connectivity index (χ0v) is 12.6. The molecule has 112 valence electrons. The minimum atomic E-state index is -3.98. The smallest absolute Gasteiger partial charge is 0.243 e. The van der Waals surface area contributed by atoms with Crippen LogP contribution in [0.15, 0.2) is 17.0 Å². The Bertz CT molecular complexity index is 609. The first-order chi connectivity index (χ1) is 9.29. The van der Waals surface area contributed by atoms with Gasteiger partial charge in [-0.15, -0.1) is 0 Å². The lowest BCUT2D eigenvalue weighted by Gasteiger charge is -2.30. The molecule has 0 aromatic heterocycles. The van der Waals surface area contributed by atoms with Gasteiger partial charge in [-0.1, -0.05) is 11.6 Å². The molecule has 1 unspecified atom stereocenters. The molecule has 1 aromatic rings. The fourth-order valence-corrected chi connectivity index (χ4v) is 4.00. The van der Waals surface area contributed by atoms with Crippen LogP contribution in [0.5, 0.6) is 0 Å². The van der Waals surface area contributed by atoms with E-state index in [0.717, 1.165) is 25.5 Å². The van der Waals surface area contributed by atoms with Crippen molar-refractivity contribution in [2.24, 2.45) is 0 Å². The van der Waals surface area contributed by atoms with Crippen LogP contribution in [0.1, 0.15) is 12.8 Å². The van der Waals surface area contributed by atoms with Crippen LogP contribution in [0, 0.1) is 5.82 Å². The summed E-state index contributed by atoms with van der Waals surface area (Å²) in [6.07, 6.45) is 1.62. The Balaban J connectivity index is 2.26. The highest BCUT2D eigenvalue weighted by atomic mass is 35.5. The second-order valence-corrected chi connectivity index (χ2v) is 7.13. The lowest BCUT2D eigenvalue weighted by Crippen LogP contribution is -2.46. The number of piperidine rings is 1. The van der Waals surface area contributed by atoms with Crippen molar-refractivity contribution in [3.63, 3.8) is 0 Å². The van der Waals surface area contributed by atoms with Crippen LogP contribution in [0.4, 0.5) is 10.1 Å². The summed E-state index contributed by atoms with van der Waals surface area (Å²) in [5.41, 5.74) is 5.64. The van der Waals surface area contributed by atoms with Gasteiger partial charge in [0.15, 0.2) is 5.82 Å². The molecule has 0 saturated carbocycles. The molecule has 3 N–H and O–H groups in total. The molecule has 1 atom stereocenters. The number of hydrogen-bond donors (Lipinski definition) is 2. The number of sulfonamides is 1. The van der Waals surface area contributed by atoms with E-state index < -0.39 is 20.7 Å². The third kappa shape index (κ3) is 3.41. The van der Waals surface area contributed by atoms with Crippen molar-refractivity contribution >= 4 is 27.3 Å². The van der Waals surface area contributed by atoms with Gasteiger partial charge in [0.1, 0.15) is 4.90 Å². The quantitative estimate of drug-likeness (QED) is 0.826. The molecule has 1 heterocycles. The van der Waals surface area contributed by atoms with Crippen molar-refractivity contribution in [2.45, 2.75) is 23.8 Å². The van der Waals surface area contributed by atoms with Gasteiger partial charge in [0.25, 0.3) is 0 Å². The summed E-state index contributed by atoms with van der Waals surface area (Å²) in [5, 5.41) is -0.300. The van der Waals surface area contributed by atoms with Crippen LogP contribution in [0.2, 0.25) is 5.02 Å². The molecule has 1 aliphatic rings. The van der Waals surface area contributed by atoms with Crippen molar-refractivity contribution < 1.29 is 12.8 Å². The topological polar surface area (TPSA) is 75.4 Å². The predicted octanol–water partition coefficient (Wildman–Crippen LogP) is 1.43. The third-order valence-electron chi connectivity index (χ3n) is 3.25. The van der Waals surface area contributed by atoms with Crippen LogP contribution in [0.25, 0.3) is 0 Å². The molecule has 1 saturated heterocycles. The molecule has 0 amide bonds. The highest BCUT2D eigenvalue weighted by Gasteiger charge is 2.27. The van der Waals surface area contributed by atoms with Gasteiger partial charge in [-0.2, -0.15) is 0 Å². The van der Waals surface area contributed by atoms with Crippen molar-refractivity contribution in [3.05, 3.63) is 23.0 Å². The number of halogens is 2. The van der Waals surface area contributed by atoms with Crippen LogP contribution in [-0.2, 0) is 10.0 Å². The van der Waals surface area contributed by atoms with E-state index in [4.69, 9.17) is 17.3 Å². The summed E-state index contributed by atoms with van der Waals surface area (Å²) < 4.78 is 40.9. The number of nitrogens with zero attached hydrogens (tertiary/aromatic N) is 1. The normalized spacial score (nSPS) is 21.1. The lowest BCUT2D eigenvalue weighted by molar-refractivity contribution is 0.242. The Labute approximate surface area is 122 Å². The van der Waals surface area contributed by atoms with Gasteiger partial charge < -0.3 is 10.6 Å². The average molecular weight is 322 g/mol. The molecular weight excluding hydrogens is 305 g/mol. The van der Waals surface area contributed by atoms with E-state index in [2.05, 4.69) is 4.72 Å². The largest absolute Gasteiger partial charge is 0.399 e. The summed E-state index contributed by atoms with van der Waals surface area (Å²) in [6, 6.07) is 2.03. The summed E-state index contributed by atoms with van der Waals surface area (Å²) >= 11 is 5.64. The Morgan fingerprint density at radius 1 is 1.50 bits per heavy atom. The lowest BCUT2D eigenvalue weighted by atomic mass is 10.1. The zero-order valence-electron chi connectivity index (χ0n) is 11.1. The maximum absolute atomic E-state index is 13.9. The molecule has 2 rings (SSSR count). The van der Waals surface area contributed by atoms with Crippen molar-refractivity contribution in [2.75, 3.05) is 25.9 Å². The van der Waals surface area contributed by atoms with Gasteiger partial charge in [-0.05, 0) is 38.6 Å². The highest BCUT2D eigenvalue weighted by Crippen LogP contribution is 2.26. The number of nitrogen functional groups attached to an aromatic ring is 1. The van der Waals surface area contributed by atoms with E-state index in [-0.39, 0.29) is 16.8 Å². The van der Waals surface area contributed by atoms with Crippen LogP contribution < -0.4 is 10.5 Å². The van der Waals surface area contributed by atoms with Gasteiger partial charge in [0.05, 0.1) is 5.02 Å². The van der Waals surface area contributed by atoms with Gasteiger partial charge >= 0.3 is 0 Å². The van der Waals surface area contributed by atoms with Gasteiger partial charge in [-0.25, -0.2) is 17.5 Å². The first kappa shape index (κ1) is 15.5. The molecule has 1 fully saturated rings. The van der Waals surface area contributed by atoms with E-state index in [9.17, 15) is 12.8 Å². The third-order valence-corrected chi connectivity index (χ3v) is 5.05. The molecule has 0 spiro atoms. The SMILES string of the molecule is CN1CCCC(NS(=O)(=O)c2cc(N)cc(Cl)c2F)C1. The zero-order chi connectivity index (χ0) is 14.9. The highest BCUT2D eigenvalue weighted by molar-refractivity contribution is 7.89. The van der Waals surface area contributed by atoms with E-state index >= 15 is 0 Å². The number of benzene rings is 1. The van der Waals surface area contributed by atoms with E-state index in [1.807, 2.05) is 11.9 Å². The van der Waals surface area contributed by atoms with Crippen molar-refractivity contribution in [1.29, 1.82) is 0 Å². The molecular formula is C12H17ClFN3O2S. The molecule has 0 bridgehead atoms. The second-order valence-electron chi connectivity index (χ2n) is 5.04. The number of anilines is 1. The van der Waals surface area contributed by atoms with Gasteiger partial charge in [0, 0.05) is 18.3 Å². The molecule has 0 aliphatic carbocycles. The number of hydrogen-bond acceptors (Lipinski definition) is 4. The molecule has 1 aromatic carbocycles. The average Bonchev–Trinajstić information content (AvgIpc) is 2.33. The Hall–Kier alpha value is -0.890. The van der Waals surface area contributed by atoms with Crippen molar-refractivity contribution in [1.82, 2.24) is 9.62 Å². The van der Waals surface area contributed by atoms with Gasteiger partial charge in [-0.3, -0.25) is 0 Å². The molecule has 1 aliphatic heterocycles. The fraction of sp³-hybridized carbons (Fsp3) is 0.500. The Morgan fingerprint density at radius 3 is 2.85 bits per heavy atom. The number of nitrogens with one attached hydrogen (secondary N) is 1. The Kier molecular flexibility index (Phi) is 4.53. The van der Waals surface area contributed by atoms with Crippen LogP contribution >= 0.6 is 11.6 Å². The summed E-state index contributed by atoms with van der Waals surface area (Å²) in [7, 11) is -2.06. The Morgan fingerprint density at radius 2 is 2.20 bits per heavy atom. The second kappa shape index (κ2) is 5.85. The van der Waals surface area contributed by atoms with E-state index in [1.54, 1.807) is 0 Å². The standard InChI is InChI=1S/C12H17ClFN3O2S/c1-17-4-2-3-9(7-17)16-20(18,19)11-6-8(15)5-10(13)12(11)14/h5-6,9,16H,2-4,7,15H2,1H3. The molecule has 20 heavy (non-hydrogen) atoms. The predicted molar refractivity (Wildman–Crippen MR) is 76.7 cm³/mol.